The van der Waals surface area contributed by atoms with Gasteiger partial charge in [-0.05, 0) is 110 Å². The molecule has 2 aliphatic carbocycles. The van der Waals surface area contributed by atoms with Crippen molar-refractivity contribution in [2.45, 2.75) is 25.7 Å². The van der Waals surface area contributed by atoms with Gasteiger partial charge < -0.3 is 46.7 Å². The number of esters is 2. The van der Waals surface area contributed by atoms with Crippen molar-refractivity contribution in [3.8, 4) is 57.1 Å². The Morgan fingerprint density at radius 3 is 1.37 bits per heavy atom. The van der Waals surface area contributed by atoms with Crippen molar-refractivity contribution in [1.82, 2.24) is 0 Å². The van der Waals surface area contributed by atoms with Crippen LogP contribution in [0.4, 0.5) is 0 Å². The summed E-state index contributed by atoms with van der Waals surface area (Å²) in [7, 11) is 3.26. The van der Waals surface area contributed by atoms with E-state index < -0.39 is 0 Å². The molecule has 0 N–H and O–H groups in total. The minimum atomic E-state index is -0.253. The van der Waals surface area contributed by atoms with Crippen molar-refractivity contribution >= 4 is 33.9 Å². The van der Waals surface area contributed by atoms with Crippen molar-refractivity contribution < 1.29 is 73.4 Å². The molecule has 4 heterocycles. The number of carbonyl (C=O) groups is 2. The van der Waals surface area contributed by atoms with Gasteiger partial charge in [-0.2, -0.15) is 0 Å². The van der Waals surface area contributed by atoms with Crippen LogP contribution in [0.3, 0.4) is 0 Å². The minimum absolute atomic E-state index is 0. The maximum absolute atomic E-state index is 12.0. The van der Waals surface area contributed by atoms with E-state index in [2.05, 4.69) is 12.1 Å². The number of benzene rings is 4. The summed E-state index contributed by atoms with van der Waals surface area (Å²) in [5, 5.41) is 1.92. The number of fused-ring (bicyclic) bond motifs is 4. The number of ether oxygens (including phenoxy) is 8. The molecular weight excluding hydrogens is 848 g/mol. The monoisotopic (exact) mass is 892 g/mol. The summed E-state index contributed by atoms with van der Waals surface area (Å²) in [6.45, 7) is 1.23. The Morgan fingerprint density at radius 1 is 0.540 bits per heavy atom. The molecule has 0 saturated heterocycles. The Morgan fingerprint density at radius 2 is 0.952 bits per heavy atom. The number of furan rings is 2. The van der Waals surface area contributed by atoms with Crippen LogP contribution in [0.15, 0.2) is 130 Å². The third kappa shape index (κ3) is 9.65. The quantitative estimate of drug-likeness (QED) is 0.0585. The summed E-state index contributed by atoms with van der Waals surface area (Å²) in [4.78, 5) is 23.9. The van der Waals surface area contributed by atoms with Crippen molar-refractivity contribution in [2.24, 2.45) is 11.8 Å². The maximum Gasteiger partial charge on any atom is 0.316 e. The molecular formula is C50H44FeO12. The van der Waals surface area contributed by atoms with Crippen molar-refractivity contribution in [3.05, 3.63) is 133 Å². The number of hydrogen-bond donors (Lipinski definition) is 0. The molecule has 0 amide bonds. The van der Waals surface area contributed by atoms with Crippen LogP contribution in [0.25, 0.3) is 44.6 Å². The van der Waals surface area contributed by atoms with Gasteiger partial charge in [0, 0.05) is 39.0 Å². The SMILES string of the molecule is COc1cc(CCCOC(=O)C2C=CC=C2)cc2cc(-c3ccc4c(c3)OCO4)oc12.COc1cc(CCCOC(=O)C2C=CC=C2)cc2cc(-c3ccc4c(c3)OCO4)oc12.[Fe]. The molecule has 12 nitrogen and oxygen atoms in total. The summed E-state index contributed by atoms with van der Waals surface area (Å²) in [6.07, 6.45) is 17.7. The fourth-order valence-electron chi connectivity index (χ4n) is 7.61. The third-order valence-corrected chi connectivity index (χ3v) is 10.8. The zero-order valence-corrected chi connectivity index (χ0v) is 35.7. The molecule has 2 aliphatic heterocycles. The first-order chi connectivity index (χ1) is 30.4. The average Bonchev–Trinajstić information content (AvgIpc) is 4.15. The summed E-state index contributed by atoms with van der Waals surface area (Å²) < 4.78 is 55.8. The predicted octanol–water partition coefficient (Wildman–Crippen LogP) is 10.1. The second kappa shape index (κ2) is 19.5. The largest absolute Gasteiger partial charge is 0.493 e. The minimum Gasteiger partial charge on any atom is -0.493 e. The van der Waals surface area contributed by atoms with Crippen LogP contribution in [0.1, 0.15) is 24.0 Å². The molecule has 63 heavy (non-hydrogen) atoms. The third-order valence-electron chi connectivity index (χ3n) is 10.8. The molecule has 0 fully saturated rings. The average molecular weight is 893 g/mol. The van der Waals surface area contributed by atoms with E-state index in [0.29, 0.717) is 47.4 Å². The van der Waals surface area contributed by atoms with Gasteiger partial charge in [0.05, 0.1) is 39.3 Å². The first-order valence-electron chi connectivity index (χ1n) is 20.5. The van der Waals surface area contributed by atoms with E-state index in [-0.39, 0.29) is 54.4 Å². The molecule has 0 atom stereocenters. The smallest absolute Gasteiger partial charge is 0.316 e. The van der Waals surface area contributed by atoms with Crippen LogP contribution < -0.4 is 28.4 Å². The van der Waals surface area contributed by atoms with Crippen LogP contribution in [0.5, 0.6) is 34.5 Å². The van der Waals surface area contributed by atoms with E-state index >= 15 is 0 Å². The van der Waals surface area contributed by atoms with E-state index in [0.717, 1.165) is 81.7 Å². The maximum atomic E-state index is 12.0. The standard InChI is InChI=1S/2C25H22O6.Fe/c2*1-27-23-12-16(5-4-10-28-25(26)17-6-2-3-7-17)11-19-14-21(31-24(19)23)18-8-9-20-22(13-18)30-15-29-20;/h2*2-3,6-9,11-14,17H,4-5,10,15H2,1H3;. The van der Waals surface area contributed by atoms with Gasteiger partial charge in [-0.1, -0.05) is 48.6 Å². The number of aryl methyl sites for hydroxylation is 2. The first-order valence-corrected chi connectivity index (χ1v) is 20.5. The van der Waals surface area contributed by atoms with E-state index in [1.165, 1.54) is 0 Å². The molecule has 0 radical (unpaired) electrons. The first kappa shape index (κ1) is 42.9. The Balaban J connectivity index is 0.000000170. The van der Waals surface area contributed by atoms with Crippen LogP contribution >= 0.6 is 0 Å². The van der Waals surface area contributed by atoms with Gasteiger partial charge in [0.2, 0.25) is 13.6 Å². The molecule has 6 aromatic rings. The van der Waals surface area contributed by atoms with Gasteiger partial charge >= 0.3 is 11.9 Å². The van der Waals surface area contributed by atoms with Crippen molar-refractivity contribution in [3.63, 3.8) is 0 Å². The normalized spacial score (nSPS) is 14.3. The summed E-state index contributed by atoms with van der Waals surface area (Å²) in [6, 6.07) is 23.6. The van der Waals surface area contributed by atoms with Gasteiger partial charge in [-0.3, -0.25) is 9.59 Å². The molecule has 0 unspecified atom stereocenters. The summed E-state index contributed by atoms with van der Waals surface area (Å²) >= 11 is 0. The molecule has 4 aromatic carbocycles. The topological polar surface area (TPSA) is 134 Å². The Kier molecular flexibility index (Phi) is 13.3. The van der Waals surface area contributed by atoms with Crippen LogP contribution in [-0.4, -0.2) is 53.0 Å². The molecule has 13 heteroatoms. The van der Waals surface area contributed by atoms with E-state index in [4.69, 9.17) is 46.7 Å². The number of allylic oxidation sites excluding steroid dienone is 4. The second-order valence-corrected chi connectivity index (χ2v) is 14.9. The zero-order chi connectivity index (χ0) is 42.4. The van der Waals surface area contributed by atoms with Crippen LogP contribution in [-0.2, 0) is 49.0 Å². The van der Waals surface area contributed by atoms with Crippen molar-refractivity contribution in [2.75, 3.05) is 41.0 Å². The van der Waals surface area contributed by atoms with Gasteiger partial charge in [-0.15, -0.1) is 0 Å². The fourth-order valence-corrected chi connectivity index (χ4v) is 7.61. The number of rotatable bonds is 14. The molecule has 324 valence electrons. The Hall–Kier alpha value is -6.82. The summed E-state index contributed by atoms with van der Waals surface area (Å²) in [5.74, 6) is 4.80. The summed E-state index contributed by atoms with van der Waals surface area (Å²) in [5.41, 5.74) is 5.41. The Bertz CT molecular complexity index is 2540. The molecule has 0 saturated carbocycles. The molecule has 0 bridgehead atoms. The zero-order valence-electron chi connectivity index (χ0n) is 34.6. The molecule has 10 rings (SSSR count). The van der Waals surface area contributed by atoms with E-state index in [1.807, 2.05) is 109 Å². The fraction of sp³-hybridized carbons (Fsp3) is 0.240. The molecule has 4 aliphatic rings. The van der Waals surface area contributed by atoms with Gasteiger partial charge in [0.25, 0.3) is 0 Å². The second-order valence-electron chi connectivity index (χ2n) is 14.9. The predicted molar refractivity (Wildman–Crippen MR) is 231 cm³/mol. The number of hydrogen-bond acceptors (Lipinski definition) is 12. The van der Waals surface area contributed by atoms with Crippen molar-refractivity contribution in [1.29, 1.82) is 0 Å². The molecule has 0 spiro atoms. The van der Waals surface area contributed by atoms with E-state index in [1.54, 1.807) is 14.2 Å². The molecule has 2 aromatic heterocycles. The van der Waals surface area contributed by atoms with Gasteiger partial charge in [-0.25, -0.2) is 0 Å². The number of carbonyl (C=O) groups excluding carboxylic acids is 2. The van der Waals surface area contributed by atoms with Crippen LogP contribution in [0.2, 0.25) is 0 Å². The van der Waals surface area contributed by atoms with E-state index in [9.17, 15) is 9.59 Å². The Labute approximate surface area is 374 Å². The van der Waals surface area contributed by atoms with Gasteiger partial charge in [0.15, 0.2) is 45.7 Å². The van der Waals surface area contributed by atoms with Crippen LogP contribution in [0, 0.1) is 11.8 Å². The number of methoxy groups -OCH3 is 2. The van der Waals surface area contributed by atoms with Gasteiger partial charge in [0.1, 0.15) is 11.5 Å².